The van der Waals surface area contributed by atoms with Gasteiger partial charge >= 0.3 is 0 Å². The second-order valence-electron chi connectivity index (χ2n) is 7.49. The molecule has 160 valence electrons. The minimum absolute atomic E-state index is 0.0481. The van der Waals surface area contributed by atoms with Crippen molar-refractivity contribution < 1.29 is 18.6 Å². The zero-order valence-electron chi connectivity index (χ0n) is 16.6. The molecule has 1 aliphatic heterocycles. The standard InChI is InChI=1S/C22H25F2N3O2S/c23-18-6-5-17(11-19(18)24)29-14-16(13-28)27-9-7-15(8-10-27)25-12-22-26-20-3-1-2-4-21(20)30-22/h1-6,11,15-16,25,28H,7-10,12-14H2/t16-/m0/s1. The summed E-state index contributed by atoms with van der Waals surface area (Å²) in [5, 5.41) is 14.4. The van der Waals surface area contributed by atoms with E-state index >= 15 is 0 Å². The van der Waals surface area contributed by atoms with Gasteiger partial charge in [0, 0.05) is 31.7 Å². The Labute approximate surface area is 178 Å². The van der Waals surface area contributed by atoms with Crippen molar-refractivity contribution in [2.45, 2.75) is 31.5 Å². The average Bonchev–Trinajstić information content (AvgIpc) is 3.19. The van der Waals surface area contributed by atoms with Gasteiger partial charge in [-0.3, -0.25) is 4.90 Å². The van der Waals surface area contributed by atoms with Crippen molar-refractivity contribution in [3.05, 3.63) is 59.1 Å². The average molecular weight is 434 g/mol. The van der Waals surface area contributed by atoms with Crippen molar-refractivity contribution in [2.75, 3.05) is 26.3 Å². The monoisotopic (exact) mass is 433 g/mol. The van der Waals surface area contributed by atoms with Crippen molar-refractivity contribution in [3.8, 4) is 5.75 Å². The van der Waals surface area contributed by atoms with Crippen LogP contribution in [0, 0.1) is 11.6 Å². The van der Waals surface area contributed by atoms with E-state index in [1.807, 2.05) is 18.2 Å². The molecule has 2 N–H and O–H groups in total. The highest BCUT2D eigenvalue weighted by molar-refractivity contribution is 7.18. The Bertz CT molecular complexity index is 943. The maximum absolute atomic E-state index is 13.3. The minimum atomic E-state index is -0.937. The van der Waals surface area contributed by atoms with Crippen LogP contribution in [-0.4, -0.2) is 53.4 Å². The molecule has 0 amide bonds. The van der Waals surface area contributed by atoms with Crippen LogP contribution < -0.4 is 10.1 Å². The number of nitrogens with zero attached hydrogens (tertiary/aromatic N) is 2. The number of nitrogens with one attached hydrogen (secondary N) is 1. The van der Waals surface area contributed by atoms with E-state index in [-0.39, 0.29) is 25.0 Å². The summed E-state index contributed by atoms with van der Waals surface area (Å²) in [4.78, 5) is 6.85. The lowest BCUT2D eigenvalue weighted by molar-refractivity contribution is 0.0610. The molecule has 0 radical (unpaired) electrons. The lowest BCUT2D eigenvalue weighted by Crippen LogP contribution is -2.49. The molecule has 1 fully saturated rings. The van der Waals surface area contributed by atoms with Crippen LogP contribution in [0.2, 0.25) is 0 Å². The number of thiazole rings is 1. The predicted molar refractivity (Wildman–Crippen MR) is 114 cm³/mol. The predicted octanol–water partition coefficient (Wildman–Crippen LogP) is 3.57. The number of rotatable bonds is 8. The van der Waals surface area contributed by atoms with Gasteiger partial charge < -0.3 is 15.2 Å². The summed E-state index contributed by atoms with van der Waals surface area (Å²) in [7, 11) is 0. The molecule has 0 saturated carbocycles. The van der Waals surface area contributed by atoms with Gasteiger partial charge in [-0.15, -0.1) is 11.3 Å². The zero-order valence-corrected chi connectivity index (χ0v) is 17.4. The number of piperidine rings is 1. The number of aromatic nitrogens is 1. The molecule has 2 aromatic carbocycles. The van der Waals surface area contributed by atoms with E-state index in [1.165, 1.54) is 10.8 Å². The maximum atomic E-state index is 13.3. The highest BCUT2D eigenvalue weighted by Crippen LogP contribution is 2.22. The molecule has 1 aliphatic rings. The summed E-state index contributed by atoms with van der Waals surface area (Å²) < 4.78 is 33.1. The lowest BCUT2D eigenvalue weighted by Gasteiger charge is -2.36. The van der Waals surface area contributed by atoms with Gasteiger partial charge in [0.2, 0.25) is 0 Å². The molecular weight excluding hydrogens is 408 g/mol. The first kappa shape index (κ1) is 21.1. The van der Waals surface area contributed by atoms with Crippen LogP contribution in [0.15, 0.2) is 42.5 Å². The molecule has 1 aromatic heterocycles. The van der Waals surface area contributed by atoms with Crippen molar-refractivity contribution in [1.82, 2.24) is 15.2 Å². The van der Waals surface area contributed by atoms with Crippen LogP contribution in [-0.2, 0) is 6.54 Å². The van der Waals surface area contributed by atoms with E-state index in [4.69, 9.17) is 4.74 Å². The molecule has 0 bridgehead atoms. The Morgan fingerprint density at radius 1 is 1.17 bits per heavy atom. The highest BCUT2D eigenvalue weighted by atomic mass is 32.1. The Morgan fingerprint density at radius 2 is 1.97 bits per heavy atom. The largest absolute Gasteiger partial charge is 0.492 e. The third kappa shape index (κ3) is 5.13. The van der Waals surface area contributed by atoms with E-state index in [2.05, 4.69) is 21.3 Å². The third-order valence-electron chi connectivity index (χ3n) is 5.47. The van der Waals surface area contributed by atoms with Crippen LogP contribution in [0.5, 0.6) is 5.75 Å². The molecule has 30 heavy (non-hydrogen) atoms. The van der Waals surface area contributed by atoms with Crippen molar-refractivity contribution in [1.29, 1.82) is 0 Å². The van der Waals surface area contributed by atoms with Gasteiger partial charge in [0.1, 0.15) is 17.4 Å². The number of hydrogen-bond donors (Lipinski definition) is 2. The molecule has 8 heteroatoms. The number of halogens is 2. The molecule has 0 aliphatic carbocycles. The quantitative estimate of drug-likeness (QED) is 0.569. The molecule has 0 spiro atoms. The van der Waals surface area contributed by atoms with Gasteiger partial charge in [-0.2, -0.15) is 0 Å². The molecule has 1 atom stereocenters. The molecule has 0 unspecified atom stereocenters. The fourth-order valence-corrected chi connectivity index (χ4v) is 4.65. The first-order valence-corrected chi connectivity index (χ1v) is 10.9. The number of fused-ring (bicyclic) bond motifs is 1. The van der Waals surface area contributed by atoms with Gasteiger partial charge in [-0.1, -0.05) is 12.1 Å². The number of benzene rings is 2. The van der Waals surface area contributed by atoms with Gasteiger partial charge in [-0.25, -0.2) is 13.8 Å². The summed E-state index contributed by atoms with van der Waals surface area (Å²) in [5.41, 5.74) is 1.04. The third-order valence-corrected chi connectivity index (χ3v) is 6.51. The molecule has 3 aromatic rings. The van der Waals surface area contributed by atoms with E-state index in [0.717, 1.165) is 55.1 Å². The maximum Gasteiger partial charge on any atom is 0.162 e. The topological polar surface area (TPSA) is 57.6 Å². The molecule has 2 heterocycles. The number of para-hydroxylation sites is 1. The van der Waals surface area contributed by atoms with Gasteiger partial charge in [0.25, 0.3) is 0 Å². The van der Waals surface area contributed by atoms with Crippen LogP contribution in [0.3, 0.4) is 0 Å². The minimum Gasteiger partial charge on any atom is -0.492 e. The Morgan fingerprint density at radius 3 is 2.70 bits per heavy atom. The van der Waals surface area contributed by atoms with Crippen molar-refractivity contribution >= 4 is 21.6 Å². The highest BCUT2D eigenvalue weighted by Gasteiger charge is 2.25. The SMILES string of the molecule is OC[C@@H](COc1ccc(F)c(F)c1)N1CCC(NCc2nc3ccccc3s2)CC1. The van der Waals surface area contributed by atoms with Crippen molar-refractivity contribution in [2.24, 2.45) is 0 Å². The second kappa shape index (κ2) is 9.78. The molecule has 5 nitrogen and oxygen atoms in total. The van der Waals surface area contributed by atoms with E-state index < -0.39 is 11.6 Å². The number of hydrogen-bond acceptors (Lipinski definition) is 6. The van der Waals surface area contributed by atoms with Crippen LogP contribution in [0.25, 0.3) is 10.2 Å². The van der Waals surface area contributed by atoms with Gasteiger partial charge in [0.05, 0.1) is 22.9 Å². The fraction of sp³-hybridized carbons (Fsp3) is 0.409. The van der Waals surface area contributed by atoms with Gasteiger partial charge in [0.15, 0.2) is 11.6 Å². The van der Waals surface area contributed by atoms with Crippen LogP contribution in [0.4, 0.5) is 8.78 Å². The molecular formula is C22H25F2N3O2S. The first-order valence-electron chi connectivity index (χ1n) is 10.1. The summed E-state index contributed by atoms with van der Waals surface area (Å²) in [6.45, 7) is 2.61. The normalized spacial score (nSPS) is 16.8. The molecule has 1 saturated heterocycles. The summed E-state index contributed by atoms with van der Waals surface area (Å²) in [6.07, 6.45) is 1.93. The van der Waals surface area contributed by atoms with E-state index in [1.54, 1.807) is 11.3 Å². The number of likely N-dealkylation sites (tertiary alicyclic amines) is 1. The van der Waals surface area contributed by atoms with E-state index in [9.17, 15) is 13.9 Å². The summed E-state index contributed by atoms with van der Waals surface area (Å²) in [5.74, 6) is -1.57. The number of aliphatic hydroxyl groups excluding tert-OH is 1. The summed E-state index contributed by atoms with van der Waals surface area (Å²) in [6, 6.07) is 11.8. The number of ether oxygens (including phenoxy) is 1. The Balaban J connectivity index is 1.23. The van der Waals surface area contributed by atoms with Crippen LogP contribution in [0.1, 0.15) is 17.8 Å². The van der Waals surface area contributed by atoms with Gasteiger partial charge in [-0.05, 0) is 37.1 Å². The van der Waals surface area contributed by atoms with Crippen LogP contribution >= 0.6 is 11.3 Å². The fourth-order valence-electron chi connectivity index (χ4n) is 3.73. The van der Waals surface area contributed by atoms with Crippen molar-refractivity contribution in [3.63, 3.8) is 0 Å². The lowest BCUT2D eigenvalue weighted by atomic mass is 10.0. The first-order chi connectivity index (χ1) is 14.6. The zero-order chi connectivity index (χ0) is 20.9. The smallest absolute Gasteiger partial charge is 0.162 e. The second-order valence-corrected chi connectivity index (χ2v) is 8.60. The summed E-state index contributed by atoms with van der Waals surface area (Å²) >= 11 is 1.72. The Hall–Kier alpha value is -2.13. The number of aliphatic hydroxyl groups is 1. The van der Waals surface area contributed by atoms with E-state index in [0.29, 0.717) is 6.04 Å². The molecule has 4 rings (SSSR count). The Kier molecular flexibility index (Phi) is 6.89.